The minimum atomic E-state index is -0.423. The first-order valence-corrected chi connectivity index (χ1v) is 11.5. The molecule has 0 spiro atoms. The van der Waals surface area contributed by atoms with E-state index in [1.54, 1.807) is 11.0 Å². The summed E-state index contributed by atoms with van der Waals surface area (Å²) in [4.78, 5) is 34.1. The summed E-state index contributed by atoms with van der Waals surface area (Å²) in [5, 5.41) is 3.94. The van der Waals surface area contributed by atoms with Crippen molar-refractivity contribution >= 4 is 50.7 Å². The summed E-state index contributed by atoms with van der Waals surface area (Å²) in [6.45, 7) is 5.81. The summed E-state index contributed by atoms with van der Waals surface area (Å²) in [6, 6.07) is 4.99. The highest BCUT2D eigenvalue weighted by Gasteiger charge is 2.28. The summed E-state index contributed by atoms with van der Waals surface area (Å²) in [6.07, 6.45) is 0. The number of nitrogens with zero attached hydrogens (tertiary/aromatic N) is 2. The Balaban J connectivity index is 1.78. The van der Waals surface area contributed by atoms with E-state index in [4.69, 9.17) is 25.8 Å². The van der Waals surface area contributed by atoms with Gasteiger partial charge in [0.15, 0.2) is 11.5 Å². The van der Waals surface area contributed by atoms with Crippen LogP contribution in [0.1, 0.15) is 31.3 Å². The Morgan fingerprint density at radius 3 is 2.55 bits per heavy atom. The number of fused-ring (bicyclic) bond motifs is 1. The van der Waals surface area contributed by atoms with Crippen LogP contribution in [0.15, 0.2) is 18.2 Å². The van der Waals surface area contributed by atoms with Gasteiger partial charge in [-0.05, 0) is 37.6 Å². The monoisotopic (exact) mass is 489 g/mol. The van der Waals surface area contributed by atoms with Crippen molar-refractivity contribution in [2.75, 3.05) is 45.8 Å². The lowest BCUT2D eigenvalue weighted by Gasteiger charge is -2.26. The van der Waals surface area contributed by atoms with Crippen LogP contribution in [0.5, 0.6) is 11.5 Å². The van der Waals surface area contributed by atoms with E-state index in [0.29, 0.717) is 53.2 Å². The fraction of sp³-hybridized carbons (Fsp3) is 0.348. The molecule has 0 bridgehead atoms. The third-order valence-corrected chi connectivity index (χ3v) is 6.77. The minimum absolute atomic E-state index is 0.154. The summed E-state index contributed by atoms with van der Waals surface area (Å²) in [5.74, 6) is 0.103. The van der Waals surface area contributed by atoms with Crippen molar-refractivity contribution in [2.45, 2.75) is 13.8 Å². The lowest BCUT2D eigenvalue weighted by molar-refractivity contribution is 0.0307. The number of ether oxygens (including phenoxy) is 3. The molecule has 0 saturated carbocycles. The fourth-order valence-electron chi connectivity index (χ4n) is 3.86. The Hall–Kier alpha value is -2.88. The van der Waals surface area contributed by atoms with E-state index in [9.17, 15) is 9.59 Å². The number of pyridine rings is 1. The number of methoxy groups -OCH3 is 2. The van der Waals surface area contributed by atoms with Crippen LogP contribution < -0.4 is 14.8 Å². The first-order chi connectivity index (χ1) is 15.8. The van der Waals surface area contributed by atoms with E-state index >= 15 is 0 Å². The van der Waals surface area contributed by atoms with Gasteiger partial charge in [0, 0.05) is 29.7 Å². The van der Waals surface area contributed by atoms with Crippen LogP contribution in [0.2, 0.25) is 5.02 Å². The van der Waals surface area contributed by atoms with Crippen LogP contribution in [-0.2, 0) is 4.74 Å². The molecule has 33 heavy (non-hydrogen) atoms. The first kappa shape index (κ1) is 23.3. The smallest absolute Gasteiger partial charge is 0.266 e. The molecule has 1 aliphatic rings. The molecular weight excluding hydrogens is 466 g/mol. The maximum absolute atomic E-state index is 13.4. The molecular formula is C23H24ClN3O5S. The normalized spacial score (nSPS) is 13.8. The van der Waals surface area contributed by atoms with Crippen LogP contribution in [-0.4, -0.2) is 62.2 Å². The first-order valence-electron chi connectivity index (χ1n) is 10.3. The van der Waals surface area contributed by atoms with Gasteiger partial charge in [-0.25, -0.2) is 4.98 Å². The zero-order valence-corrected chi connectivity index (χ0v) is 20.4. The Kier molecular flexibility index (Phi) is 6.73. The molecule has 2 amide bonds. The summed E-state index contributed by atoms with van der Waals surface area (Å²) >= 11 is 7.57. The predicted octanol–water partition coefficient (Wildman–Crippen LogP) is 4.31. The van der Waals surface area contributed by atoms with Gasteiger partial charge in [0.05, 0.1) is 38.1 Å². The Labute approximate surface area is 200 Å². The number of carbonyl (C=O) groups is 2. The molecule has 0 radical (unpaired) electrons. The minimum Gasteiger partial charge on any atom is -0.493 e. The Morgan fingerprint density at radius 1 is 1.15 bits per heavy atom. The molecule has 3 heterocycles. The highest BCUT2D eigenvalue weighted by Crippen LogP contribution is 2.40. The molecule has 0 aliphatic carbocycles. The number of nitrogens with one attached hydrogen (secondary N) is 1. The quantitative estimate of drug-likeness (QED) is 0.574. The molecule has 1 N–H and O–H groups in total. The number of hydrogen-bond acceptors (Lipinski definition) is 7. The maximum atomic E-state index is 13.4. The number of anilines is 1. The molecule has 3 aromatic rings. The molecule has 10 heteroatoms. The van der Waals surface area contributed by atoms with Crippen molar-refractivity contribution in [1.29, 1.82) is 0 Å². The van der Waals surface area contributed by atoms with Crippen LogP contribution in [0, 0.1) is 13.8 Å². The molecule has 2 aromatic heterocycles. The SMILES string of the molecule is COc1cc(C(=O)Nc2c(C(=O)N3CCOCC3)sc3nc(C)cc(C)c23)cc(Cl)c1OC. The van der Waals surface area contributed by atoms with E-state index in [0.717, 1.165) is 16.6 Å². The van der Waals surface area contributed by atoms with Crippen LogP contribution in [0.3, 0.4) is 0 Å². The summed E-state index contributed by atoms with van der Waals surface area (Å²) in [7, 11) is 2.95. The van der Waals surface area contributed by atoms with Crippen molar-refractivity contribution in [3.05, 3.63) is 44.9 Å². The van der Waals surface area contributed by atoms with E-state index in [-0.39, 0.29) is 16.5 Å². The van der Waals surface area contributed by atoms with E-state index < -0.39 is 5.91 Å². The molecule has 1 aromatic carbocycles. The van der Waals surface area contributed by atoms with Gasteiger partial charge in [-0.2, -0.15) is 0 Å². The number of hydrogen-bond donors (Lipinski definition) is 1. The second-order valence-electron chi connectivity index (χ2n) is 7.62. The Morgan fingerprint density at radius 2 is 1.88 bits per heavy atom. The highest BCUT2D eigenvalue weighted by atomic mass is 35.5. The summed E-state index contributed by atoms with van der Waals surface area (Å²) in [5.41, 5.74) is 2.50. The number of aromatic nitrogens is 1. The number of morpholine rings is 1. The second-order valence-corrected chi connectivity index (χ2v) is 9.03. The number of rotatable bonds is 5. The molecule has 4 rings (SSSR count). The predicted molar refractivity (Wildman–Crippen MR) is 128 cm³/mol. The molecule has 1 saturated heterocycles. The number of carbonyl (C=O) groups excluding carboxylic acids is 2. The third kappa shape index (κ3) is 4.48. The Bertz CT molecular complexity index is 1240. The van der Waals surface area contributed by atoms with Gasteiger partial charge >= 0.3 is 0 Å². The van der Waals surface area contributed by atoms with Crippen LogP contribution in [0.25, 0.3) is 10.2 Å². The second kappa shape index (κ2) is 9.54. The molecule has 1 aliphatic heterocycles. The van der Waals surface area contributed by atoms with E-state index in [2.05, 4.69) is 10.3 Å². The maximum Gasteiger partial charge on any atom is 0.266 e. The van der Waals surface area contributed by atoms with Gasteiger partial charge in [0.1, 0.15) is 9.71 Å². The molecule has 8 nitrogen and oxygen atoms in total. The van der Waals surface area contributed by atoms with Crippen molar-refractivity contribution in [1.82, 2.24) is 9.88 Å². The van der Waals surface area contributed by atoms with Crippen molar-refractivity contribution < 1.29 is 23.8 Å². The van der Waals surface area contributed by atoms with E-state index in [1.165, 1.54) is 31.6 Å². The van der Waals surface area contributed by atoms with Gasteiger partial charge < -0.3 is 24.4 Å². The largest absolute Gasteiger partial charge is 0.493 e. The van der Waals surface area contributed by atoms with Crippen molar-refractivity contribution in [3.8, 4) is 11.5 Å². The number of halogens is 1. The average Bonchev–Trinajstić information content (AvgIpc) is 3.16. The van der Waals surface area contributed by atoms with Gasteiger partial charge in [-0.15, -0.1) is 11.3 Å². The van der Waals surface area contributed by atoms with Crippen LogP contribution in [0.4, 0.5) is 5.69 Å². The van der Waals surface area contributed by atoms with Gasteiger partial charge in [-0.1, -0.05) is 11.6 Å². The third-order valence-electron chi connectivity index (χ3n) is 5.41. The molecule has 0 atom stereocenters. The van der Waals surface area contributed by atoms with Crippen LogP contribution >= 0.6 is 22.9 Å². The highest BCUT2D eigenvalue weighted by molar-refractivity contribution is 7.21. The molecule has 174 valence electrons. The van der Waals surface area contributed by atoms with Gasteiger partial charge in [0.25, 0.3) is 11.8 Å². The topological polar surface area (TPSA) is 90.0 Å². The molecule has 1 fully saturated rings. The zero-order valence-electron chi connectivity index (χ0n) is 18.8. The number of amides is 2. The summed E-state index contributed by atoms with van der Waals surface area (Å²) < 4.78 is 15.9. The standard InChI is InChI=1S/C23H24ClN3O5S/c1-12-9-13(2)25-22-17(12)18(20(33-22)23(29)27-5-7-32-8-6-27)26-21(28)14-10-15(24)19(31-4)16(11-14)30-3/h9-11H,5-8H2,1-4H3,(H,26,28). The van der Waals surface area contributed by atoms with Crippen molar-refractivity contribution in [2.24, 2.45) is 0 Å². The number of aryl methyl sites for hydroxylation is 2. The van der Waals surface area contributed by atoms with Crippen molar-refractivity contribution in [3.63, 3.8) is 0 Å². The average molecular weight is 490 g/mol. The van der Waals surface area contributed by atoms with E-state index in [1.807, 2.05) is 19.9 Å². The lowest BCUT2D eigenvalue weighted by Crippen LogP contribution is -2.40. The lowest BCUT2D eigenvalue weighted by atomic mass is 10.1. The number of thiophene rings is 1. The zero-order chi connectivity index (χ0) is 23.7. The van der Waals surface area contributed by atoms with Gasteiger partial charge in [0.2, 0.25) is 0 Å². The number of benzene rings is 1. The fourth-order valence-corrected chi connectivity index (χ4v) is 5.36. The molecule has 0 unspecified atom stereocenters. The van der Waals surface area contributed by atoms with Gasteiger partial charge in [-0.3, -0.25) is 9.59 Å².